The highest BCUT2D eigenvalue weighted by Gasteiger charge is 2.25. The van der Waals surface area contributed by atoms with Gasteiger partial charge in [-0.2, -0.15) is 0 Å². The molecule has 110 valence electrons. The van der Waals surface area contributed by atoms with Crippen LogP contribution < -0.4 is 15.8 Å². The Morgan fingerprint density at radius 1 is 1.48 bits per heavy atom. The van der Waals surface area contributed by atoms with Crippen molar-refractivity contribution in [2.45, 2.75) is 19.0 Å². The predicted molar refractivity (Wildman–Crippen MR) is 78.4 cm³/mol. The third-order valence-corrected chi connectivity index (χ3v) is 3.75. The van der Waals surface area contributed by atoms with Gasteiger partial charge in [-0.15, -0.1) is 0 Å². The van der Waals surface area contributed by atoms with Gasteiger partial charge in [-0.3, -0.25) is 4.79 Å². The number of hydrogen-bond acceptors (Lipinski definition) is 4. The van der Waals surface area contributed by atoms with Crippen molar-refractivity contribution in [2.24, 2.45) is 5.73 Å². The van der Waals surface area contributed by atoms with Crippen molar-refractivity contribution in [1.82, 2.24) is 5.32 Å². The van der Waals surface area contributed by atoms with Gasteiger partial charge in [-0.1, -0.05) is 23.7 Å². The first kappa shape index (κ1) is 14.0. The van der Waals surface area contributed by atoms with Gasteiger partial charge in [0.25, 0.3) is 5.91 Å². The Labute approximate surface area is 127 Å². The van der Waals surface area contributed by atoms with Crippen molar-refractivity contribution < 1.29 is 13.9 Å². The van der Waals surface area contributed by atoms with Crippen molar-refractivity contribution in [3.8, 4) is 5.75 Å². The number of amides is 1. The zero-order valence-electron chi connectivity index (χ0n) is 11.3. The Balaban J connectivity index is 1.80. The smallest absolute Gasteiger partial charge is 0.255 e. The summed E-state index contributed by atoms with van der Waals surface area (Å²) in [6, 6.07) is 7.05. The molecule has 6 heteroatoms. The molecule has 3 N–H and O–H groups in total. The zero-order valence-corrected chi connectivity index (χ0v) is 12.0. The highest BCUT2D eigenvalue weighted by Crippen LogP contribution is 2.37. The minimum atomic E-state index is -0.198. The van der Waals surface area contributed by atoms with E-state index in [4.69, 9.17) is 26.5 Å². The van der Waals surface area contributed by atoms with Crippen LogP contribution in [0, 0.1) is 0 Å². The molecule has 1 atom stereocenters. The predicted octanol–water partition coefficient (Wildman–Crippen LogP) is 2.65. The van der Waals surface area contributed by atoms with Crippen molar-refractivity contribution in [2.75, 3.05) is 6.61 Å². The van der Waals surface area contributed by atoms with E-state index in [9.17, 15) is 4.79 Å². The molecule has 2 aromatic rings. The number of benzene rings is 1. The molecular formula is C15H15ClN2O3. The summed E-state index contributed by atoms with van der Waals surface area (Å²) in [7, 11) is 0. The molecule has 1 unspecified atom stereocenters. The highest BCUT2D eigenvalue weighted by atomic mass is 35.5. The number of ether oxygens (including phenoxy) is 1. The summed E-state index contributed by atoms with van der Waals surface area (Å²) >= 11 is 6.12. The SMILES string of the molecule is NCc1cc(C(=O)NC2CCOc3c(Cl)cccc32)co1. The number of nitrogens with one attached hydrogen (secondary N) is 1. The first-order chi connectivity index (χ1) is 10.2. The van der Waals surface area contributed by atoms with Crippen LogP contribution in [0.2, 0.25) is 5.02 Å². The van der Waals surface area contributed by atoms with E-state index >= 15 is 0 Å². The Kier molecular flexibility index (Phi) is 3.86. The topological polar surface area (TPSA) is 77.5 Å². The third kappa shape index (κ3) is 2.75. The van der Waals surface area contributed by atoms with Crippen molar-refractivity contribution >= 4 is 17.5 Å². The Morgan fingerprint density at radius 3 is 3.10 bits per heavy atom. The average molecular weight is 307 g/mol. The van der Waals surface area contributed by atoms with Crippen LogP contribution in [0.3, 0.4) is 0 Å². The van der Waals surface area contributed by atoms with Gasteiger partial charge in [-0.25, -0.2) is 0 Å². The molecule has 0 fully saturated rings. The molecule has 0 radical (unpaired) electrons. The maximum Gasteiger partial charge on any atom is 0.255 e. The van der Waals surface area contributed by atoms with Crippen LogP contribution in [0.25, 0.3) is 0 Å². The van der Waals surface area contributed by atoms with Crippen molar-refractivity contribution in [3.05, 3.63) is 52.4 Å². The van der Waals surface area contributed by atoms with Gasteiger partial charge in [0.2, 0.25) is 0 Å². The maximum atomic E-state index is 12.3. The summed E-state index contributed by atoms with van der Waals surface area (Å²) in [4.78, 5) is 12.3. The summed E-state index contributed by atoms with van der Waals surface area (Å²) in [6.07, 6.45) is 2.11. The first-order valence-electron chi connectivity index (χ1n) is 6.68. The molecule has 1 aromatic carbocycles. The summed E-state index contributed by atoms with van der Waals surface area (Å²) in [6.45, 7) is 0.782. The molecule has 1 aliphatic rings. The van der Waals surface area contributed by atoms with E-state index in [1.807, 2.05) is 12.1 Å². The second-order valence-corrected chi connectivity index (χ2v) is 5.23. The van der Waals surface area contributed by atoms with Crippen molar-refractivity contribution in [1.29, 1.82) is 0 Å². The number of furan rings is 1. The Hall–Kier alpha value is -1.98. The van der Waals surface area contributed by atoms with Crippen LogP contribution in [0.1, 0.15) is 34.1 Å². The van der Waals surface area contributed by atoms with Gasteiger partial charge >= 0.3 is 0 Å². The van der Waals surface area contributed by atoms with Gasteiger partial charge < -0.3 is 20.2 Å². The number of nitrogens with two attached hydrogens (primary N) is 1. The minimum absolute atomic E-state index is 0.129. The fraction of sp³-hybridized carbons (Fsp3) is 0.267. The molecule has 0 spiro atoms. The number of hydrogen-bond donors (Lipinski definition) is 2. The van der Waals surface area contributed by atoms with Crippen LogP contribution in [-0.4, -0.2) is 12.5 Å². The number of rotatable bonds is 3. The second kappa shape index (κ2) is 5.79. The van der Waals surface area contributed by atoms with Gasteiger partial charge in [0, 0.05) is 12.0 Å². The molecule has 0 saturated carbocycles. The Bertz CT molecular complexity index is 669. The molecule has 1 amide bonds. The van der Waals surface area contributed by atoms with E-state index in [1.165, 1.54) is 6.26 Å². The van der Waals surface area contributed by atoms with Crippen LogP contribution in [0.4, 0.5) is 0 Å². The fourth-order valence-corrected chi connectivity index (χ4v) is 2.62. The molecular weight excluding hydrogens is 292 g/mol. The molecule has 5 nitrogen and oxygen atoms in total. The number of para-hydroxylation sites is 1. The standard InChI is InChI=1S/C15H15ClN2O3/c16-12-3-1-2-11-13(4-5-20-14(11)12)18-15(19)9-6-10(7-17)21-8-9/h1-3,6,8,13H,4-5,7,17H2,(H,18,19). The number of halogens is 1. The largest absolute Gasteiger partial charge is 0.492 e. The normalized spacial score (nSPS) is 17.0. The van der Waals surface area contributed by atoms with Gasteiger partial charge in [0.1, 0.15) is 17.8 Å². The summed E-state index contributed by atoms with van der Waals surface area (Å²) in [5.74, 6) is 1.03. The molecule has 1 aliphatic heterocycles. The molecule has 0 saturated heterocycles. The van der Waals surface area contributed by atoms with E-state index in [0.717, 1.165) is 5.56 Å². The van der Waals surface area contributed by atoms with E-state index in [1.54, 1.807) is 12.1 Å². The second-order valence-electron chi connectivity index (χ2n) is 4.83. The molecule has 2 heterocycles. The number of fused-ring (bicyclic) bond motifs is 1. The van der Waals surface area contributed by atoms with Crippen LogP contribution in [0.15, 0.2) is 34.9 Å². The van der Waals surface area contributed by atoms with Crippen LogP contribution >= 0.6 is 11.6 Å². The van der Waals surface area contributed by atoms with Gasteiger partial charge in [-0.05, 0) is 12.1 Å². The lowest BCUT2D eigenvalue weighted by Crippen LogP contribution is -2.32. The van der Waals surface area contributed by atoms with Gasteiger partial charge in [0.05, 0.1) is 29.8 Å². The summed E-state index contributed by atoms with van der Waals surface area (Å²) in [5, 5.41) is 3.53. The lowest BCUT2D eigenvalue weighted by atomic mass is 10.0. The third-order valence-electron chi connectivity index (χ3n) is 3.45. The minimum Gasteiger partial charge on any atom is -0.492 e. The molecule has 21 heavy (non-hydrogen) atoms. The van der Waals surface area contributed by atoms with E-state index < -0.39 is 0 Å². The Morgan fingerprint density at radius 2 is 2.33 bits per heavy atom. The van der Waals surface area contributed by atoms with Gasteiger partial charge in [0.15, 0.2) is 0 Å². The van der Waals surface area contributed by atoms with Crippen LogP contribution in [0.5, 0.6) is 5.75 Å². The molecule has 0 aliphatic carbocycles. The lowest BCUT2D eigenvalue weighted by Gasteiger charge is -2.27. The van der Waals surface area contributed by atoms with E-state index in [2.05, 4.69) is 5.32 Å². The highest BCUT2D eigenvalue weighted by molar-refractivity contribution is 6.32. The number of carbonyl (C=O) groups is 1. The molecule has 3 rings (SSSR count). The fourth-order valence-electron chi connectivity index (χ4n) is 2.38. The lowest BCUT2D eigenvalue weighted by molar-refractivity contribution is 0.0924. The van der Waals surface area contributed by atoms with E-state index in [-0.39, 0.29) is 18.5 Å². The quantitative estimate of drug-likeness (QED) is 0.914. The average Bonchev–Trinajstić information content (AvgIpc) is 2.97. The van der Waals surface area contributed by atoms with E-state index in [0.29, 0.717) is 35.1 Å². The van der Waals surface area contributed by atoms with Crippen LogP contribution in [-0.2, 0) is 6.54 Å². The molecule has 1 aromatic heterocycles. The van der Waals surface area contributed by atoms with Crippen molar-refractivity contribution in [3.63, 3.8) is 0 Å². The zero-order chi connectivity index (χ0) is 14.8. The first-order valence-corrected chi connectivity index (χ1v) is 7.06. The summed E-state index contributed by atoms with van der Waals surface area (Å²) in [5.41, 5.74) is 6.83. The molecule has 0 bridgehead atoms. The monoisotopic (exact) mass is 306 g/mol. The maximum absolute atomic E-state index is 12.3. The summed E-state index contributed by atoms with van der Waals surface area (Å²) < 4.78 is 10.8. The number of carbonyl (C=O) groups excluding carboxylic acids is 1.